The van der Waals surface area contributed by atoms with Crippen molar-refractivity contribution < 1.29 is 10.4 Å². The van der Waals surface area contributed by atoms with Crippen LogP contribution in [-0.2, 0) is 0 Å². The number of fused-ring (bicyclic) bond motifs is 5. The molecule has 2 N–H and O–H groups in total. The molecule has 0 amide bonds. The van der Waals surface area contributed by atoms with E-state index in [1.54, 1.807) is 0 Å². The van der Waals surface area contributed by atoms with Gasteiger partial charge in [0.1, 0.15) is 0 Å². The SMILES string of the molecule is CC(C)CCC[C@@H](C)[C@@H]1CC[C@@H]2[C@@H]3C/C(=N/O)[C@H]4C/C(=N\O)CC[C@]4(C)[C@@H]3CC[C@]21C. The van der Waals surface area contributed by atoms with Crippen LogP contribution >= 0.6 is 0 Å². The summed E-state index contributed by atoms with van der Waals surface area (Å²) in [5.41, 5.74) is 2.51. The minimum atomic E-state index is 0.182. The molecule has 0 aromatic carbocycles. The van der Waals surface area contributed by atoms with Crippen LogP contribution in [0, 0.1) is 52.3 Å². The summed E-state index contributed by atoms with van der Waals surface area (Å²) in [4.78, 5) is 0. The molecule has 4 saturated carbocycles. The molecule has 0 aromatic rings. The molecule has 0 radical (unpaired) electrons. The van der Waals surface area contributed by atoms with Gasteiger partial charge < -0.3 is 10.4 Å². The lowest BCUT2D eigenvalue weighted by atomic mass is 9.44. The minimum absolute atomic E-state index is 0.182. The molecular weight excluding hydrogens is 384 g/mol. The Hall–Kier alpha value is -1.06. The van der Waals surface area contributed by atoms with Crippen molar-refractivity contribution in [1.29, 1.82) is 0 Å². The summed E-state index contributed by atoms with van der Waals surface area (Å²) in [5, 5.41) is 26.8. The zero-order valence-corrected chi connectivity index (χ0v) is 20.6. The van der Waals surface area contributed by atoms with Crippen LogP contribution in [0.3, 0.4) is 0 Å². The van der Waals surface area contributed by atoms with E-state index in [0.717, 1.165) is 66.7 Å². The Labute approximate surface area is 189 Å². The number of hydrogen-bond donors (Lipinski definition) is 2. The van der Waals surface area contributed by atoms with Crippen LogP contribution in [0.2, 0.25) is 0 Å². The Kier molecular flexibility index (Phi) is 6.49. The average Bonchev–Trinajstić information content (AvgIpc) is 3.09. The van der Waals surface area contributed by atoms with Gasteiger partial charge in [-0.2, -0.15) is 0 Å². The fourth-order valence-corrected chi connectivity index (χ4v) is 9.10. The maximum absolute atomic E-state index is 9.97. The number of oxime groups is 2. The molecule has 0 unspecified atom stereocenters. The van der Waals surface area contributed by atoms with Crippen LogP contribution in [0.4, 0.5) is 0 Å². The minimum Gasteiger partial charge on any atom is -0.411 e. The van der Waals surface area contributed by atoms with Crippen LogP contribution in [0.25, 0.3) is 0 Å². The number of nitrogens with zero attached hydrogens (tertiary/aromatic N) is 2. The van der Waals surface area contributed by atoms with Crippen molar-refractivity contribution in [2.45, 2.75) is 105 Å². The lowest BCUT2D eigenvalue weighted by Gasteiger charge is -2.60. The van der Waals surface area contributed by atoms with Crippen molar-refractivity contribution in [2.24, 2.45) is 62.6 Å². The topological polar surface area (TPSA) is 65.2 Å². The fourth-order valence-electron chi connectivity index (χ4n) is 9.10. The van der Waals surface area contributed by atoms with E-state index in [1.165, 1.54) is 44.9 Å². The summed E-state index contributed by atoms with van der Waals surface area (Å²) in [6.07, 6.45) is 13.2. The molecular formula is C27H46N2O2. The van der Waals surface area contributed by atoms with Crippen molar-refractivity contribution in [3.8, 4) is 0 Å². The first-order valence-corrected chi connectivity index (χ1v) is 13.1. The Morgan fingerprint density at radius 1 is 0.903 bits per heavy atom. The maximum atomic E-state index is 9.97. The molecule has 4 rings (SSSR count). The predicted octanol–water partition coefficient (Wildman–Crippen LogP) is 7.38. The lowest BCUT2D eigenvalue weighted by molar-refractivity contribution is -0.0734. The first kappa shape index (κ1) is 23.1. The number of hydrogen-bond acceptors (Lipinski definition) is 4. The summed E-state index contributed by atoms with van der Waals surface area (Å²) in [5.74, 6) is 4.88. The van der Waals surface area contributed by atoms with Gasteiger partial charge in [-0.3, -0.25) is 0 Å². The molecule has 4 fully saturated rings. The molecule has 0 spiro atoms. The predicted molar refractivity (Wildman–Crippen MR) is 127 cm³/mol. The Bertz CT molecular complexity index is 716. The Balaban J connectivity index is 1.54. The molecule has 4 aliphatic carbocycles. The van der Waals surface area contributed by atoms with E-state index in [4.69, 9.17) is 0 Å². The molecule has 4 aliphatic rings. The normalized spacial score (nSPS) is 46.1. The van der Waals surface area contributed by atoms with E-state index in [0.29, 0.717) is 11.3 Å². The Morgan fingerprint density at radius 3 is 2.32 bits per heavy atom. The van der Waals surface area contributed by atoms with Crippen molar-refractivity contribution in [3.63, 3.8) is 0 Å². The largest absolute Gasteiger partial charge is 0.411 e. The molecule has 176 valence electrons. The lowest BCUT2D eigenvalue weighted by Crippen LogP contribution is -2.56. The molecule has 0 heterocycles. The third kappa shape index (κ3) is 3.84. The quantitative estimate of drug-likeness (QED) is 0.353. The molecule has 0 saturated heterocycles. The molecule has 31 heavy (non-hydrogen) atoms. The highest BCUT2D eigenvalue weighted by molar-refractivity contribution is 5.95. The van der Waals surface area contributed by atoms with Crippen molar-refractivity contribution in [1.82, 2.24) is 0 Å². The van der Waals surface area contributed by atoms with E-state index in [1.807, 2.05) is 0 Å². The average molecular weight is 431 g/mol. The molecule has 0 aliphatic heterocycles. The zero-order chi connectivity index (χ0) is 22.4. The molecule has 4 heteroatoms. The molecule has 8 atom stereocenters. The van der Waals surface area contributed by atoms with E-state index in [9.17, 15) is 10.4 Å². The van der Waals surface area contributed by atoms with Crippen LogP contribution in [-0.4, -0.2) is 21.8 Å². The van der Waals surface area contributed by atoms with E-state index in [2.05, 4.69) is 44.9 Å². The zero-order valence-electron chi connectivity index (χ0n) is 20.6. The second-order valence-corrected chi connectivity index (χ2v) is 12.6. The van der Waals surface area contributed by atoms with Gasteiger partial charge >= 0.3 is 0 Å². The van der Waals surface area contributed by atoms with Crippen molar-refractivity contribution in [3.05, 3.63) is 0 Å². The molecule has 4 nitrogen and oxygen atoms in total. The smallest absolute Gasteiger partial charge is 0.0613 e. The van der Waals surface area contributed by atoms with Gasteiger partial charge in [0, 0.05) is 5.92 Å². The molecule has 0 aromatic heterocycles. The van der Waals surface area contributed by atoms with Crippen LogP contribution in [0.1, 0.15) is 105 Å². The highest BCUT2D eigenvalue weighted by Crippen LogP contribution is 2.67. The third-order valence-electron chi connectivity index (χ3n) is 10.8. The highest BCUT2D eigenvalue weighted by Gasteiger charge is 2.62. The van der Waals surface area contributed by atoms with Gasteiger partial charge in [0.25, 0.3) is 0 Å². The maximum Gasteiger partial charge on any atom is 0.0613 e. The summed E-state index contributed by atoms with van der Waals surface area (Å²) >= 11 is 0. The first-order valence-electron chi connectivity index (χ1n) is 13.1. The van der Waals surface area contributed by atoms with Gasteiger partial charge in [-0.1, -0.05) is 64.2 Å². The van der Waals surface area contributed by atoms with Gasteiger partial charge in [0.15, 0.2) is 0 Å². The van der Waals surface area contributed by atoms with Crippen molar-refractivity contribution in [2.75, 3.05) is 0 Å². The van der Waals surface area contributed by atoms with Crippen LogP contribution in [0.15, 0.2) is 10.3 Å². The van der Waals surface area contributed by atoms with Gasteiger partial charge in [-0.05, 0) is 97.7 Å². The van der Waals surface area contributed by atoms with Gasteiger partial charge in [-0.25, -0.2) is 0 Å². The van der Waals surface area contributed by atoms with Gasteiger partial charge in [-0.15, -0.1) is 0 Å². The van der Waals surface area contributed by atoms with E-state index >= 15 is 0 Å². The molecule has 0 bridgehead atoms. The second kappa shape index (κ2) is 8.71. The van der Waals surface area contributed by atoms with Gasteiger partial charge in [0.2, 0.25) is 0 Å². The first-order chi connectivity index (χ1) is 14.7. The standard InChI is InChI=1S/C27H46N2O2/c1-17(2)7-6-8-18(3)21-9-10-22-20-16-25(29-31)24-15-19(28-30)11-13-27(24,5)23(20)12-14-26(21,22)4/h17-18,20-24,30-31H,6-16H2,1-5H3/b28-19-,29-25-/t18-,20+,21+,22-,23-,24-,26+,27-/m1/s1. The summed E-state index contributed by atoms with van der Waals surface area (Å²) in [6, 6.07) is 0. The summed E-state index contributed by atoms with van der Waals surface area (Å²) in [6.45, 7) is 12.3. The van der Waals surface area contributed by atoms with E-state index < -0.39 is 0 Å². The summed E-state index contributed by atoms with van der Waals surface area (Å²) in [7, 11) is 0. The van der Waals surface area contributed by atoms with Gasteiger partial charge in [0.05, 0.1) is 11.4 Å². The fraction of sp³-hybridized carbons (Fsp3) is 0.926. The van der Waals surface area contributed by atoms with Crippen LogP contribution in [0.5, 0.6) is 0 Å². The van der Waals surface area contributed by atoms with Crippen LogP contribution < -0.4 is 0 Å². The second-order valence-electron chi connectivity index (χ2n) is 12.6. The number of rotatable bonds is 5. The summed E-state index contributed by atoms with van der Waals surface area (Å²) < 4.78 is 0. The monoisotopic (exact) mass is 430 g/mol. The third-order valence-corrected chi connectivity index (χ3v) is 10.8. The highest BCUT2D eigenvalue weighted by atomic mass is 16.4. The van der Waals surface area contributed by atoms with E-state index in [-0.39, 0.29) is 11.3 Å². The van der Waals surface area contributed by atoms with Crippen molar-refractivity contribution >= 4 is 11.4 Å². The Morgan fingerprint density at radius 2 is 1.65 bits per heavy atom.